The van der Waals surface area contributed by atoms with E-state index >= 15 is 0 Å². The molecule has 1 fully saturated rings. The van der Waals surface area contributed by atoms with Gasteiger partial charge < -0.3 is 5.32 Å². The Morgan fingerprint density at radius 2 is 2.36 bits per heavy atom. The molecule has 0 atom stereocenters. The molecule has 1 saturated carbocycles. The summed E-state index contributed by atoms with van der Waals surface area (Å²) in [5, 5.41) is 3.43. The second-order valence-electron chi connectivity index (χ2n) is 3.69. The molecule has 3 nitrogen and oxygen atoms in total. The van der Waals surface area contributed by atoms with Crippen LogP contribution in [0, 0.1) is 0 Å². The highest BCUT2D eigenvalue weighted by atomic mass is 32.2. The van der Waals surface area contributed by atoms with Crippen molar-refractivity contribution in [3.63, 3.8) is 0 Å². The van der Waals surface area contributed by atoms with Gasteiger partial charge in [-0.3, -0.25) is 9.97 Å². The van der Waals surface area contributed by atoms with Crippen molar-refractivity contribution in [2.45, 2.75) is 24.1 Å². The van der Waals surface area contributed by atoms with Crippen LogP contribution in [-0.4, -0.2) is 27.5 Å². The molecule has 0 amide bonds. The van der Waals surface area contributed by atoms with Crippen LogP contribution in [0.25, 0.3) is 0 Å². The maximum absolute atomic E-state index is 4.21. The maximum Gasteiger partial charge on any atom is 0.0724 e. The van der Waals surface area contributed by atoms with E-state index in [4.69, 9.17) is 0 Å². The predicted molar refractivity (Wildman–Crippen MR) is 59.2 cm³/mol. The lowest BCUT2D eigenvalue weighted by Crippen LogP contribution is -2.25. The van der Waals surface area contributed by atoms with E-state index in [9.17, 15) is 0 Å². The topological polar surface area (TPSA) is 37.8 Å². The summed E-state index contributed by atoms with van der Waals surface area (Å²) >= 11 is 1.97. The Kier molecular flexibility index (Phi) is 3.03. The molecule has 1 aromatic rings. The third-order valence-electron chi connectivity index (χ3n) is 2.61. The van der Waals surface area contributed by atoms with Gasteiger partial charge in [-0.05, 0) is 19.1 Å². The quantitative estimate of drug-likeness (QED) is 0.796. The summed E-state index contributed by atoms with van der Waals surface area (Å²) in [4.78, 5) is 8.24. The van der Waals surface area contributed by atoms with Gasteiger partial charge in [0.15, 0.2) is 0 Å². The molecule has 1 N–H and O–H groups in total. The average molecular weight is 209 g/mol. The Morgan fingerprint density at radius 3 is 2.93 bits per heavy atom. The molecule has 1 aliphatic carbocycles. The molecule has 2 rings (SSSR count). The summed E-state index contributed by atoms with van der Waals surface area (Å²) in [7, 11) is 0. The molecule has 0 saturated heterocycles. The lowest BCUT2D eigenvalue weighted by molar-refractivity contribution is 0.651. The van der Waals surface area contributed by atoms with E-state index in [-0.39, 0.29) is 0 Å². The van der Waals surface area contributed by atoms with Crippen LogP contribution >= 0.6 is 11.8 Å². The van der Waals surface area contributed by atoms with Crippen molar-refractivity contribution in [2.24, 2.45) is 0 Å². The molecule has 76 valence electrons. The highest BCUT2D eigenvalue weighted by molar-refractivity contribution is 8.00. The molecular weight excluding hydrogens is 194 g/mol. The van der Waals surface area contributed by atoms with Gasteiger partial charge in [0.05, 0.1) is 5.69 Å². The van der Waals surface area contributed by atoms with Gasteiger partial charge in [0.2, 0.25) is 0 Å². The standard InChI is InChI=1S/C10H15N3S/c1-14-10(2-3-10)8-12-7-9-6-11-4-5-13-9/h4-6,12H,2-3,7-8H2,1H3. The Morgan fingerprint density at radius 1 is 1.50 bits per heavy atom. The molecule has 1 aromatic heterocycles. The van der Waals surface area contributed by atoms with E-state index in [1.54, 1.807) is 12.4 Å². The average Bonchev–Trinajstić information content (AvgIpc) is 3.00. The highest BCUT2D eigenvalue weighted by Gasteiger charge is 2.41. The van der Waals surface area contributed by atoms with Gasteiger partial charge in [0.25, 0.3) is 0 Å². The second kappa shape index (κ2) is 4.28. The molecule has 0 aromatic carbocycles. The molecule has 0 radical (unpaired) electrons. The van der Waals surface area contributed by atoms with Crippen LogP contribution in [0.5, 0.6) is 0 Å². The minimum atomic E-state index is 0.530. The molecule has 0 spiro atoms. The van der Waals surface area contributed by atoms with Crippen molar-refractivity contribution >= 4 is 11.8 Å². The first-order chi connectivity index (χ1) is 6.85. The van der Waals surface area contributed by atoms with Crippen molar-refractivity contribution in [1.82, 2.24) is 15.3 Å². The van der Waals surface area contributed by atoms with Gasteiger partial charge in [0.1, 0.15) is 0 Å². The monoisotopic (exact) mass is 209 g/mol. The Labute approximate surface area is 88.7 Å². The number of nitrogens with zero attached hydrogens (tertiary/aromatic N) is 2. The van der Waals surface area contributed by atoms with Crippen LogP contribution < -0.4 is 5.32 Å². The zero-order valence-corrected chi connectivity index (χ0v) is 9.18. The number of hydrogen-bond acceptors (Lipinski definition) is 4. The molecule has 0 unspecified atom stereocenters. The lowest BCUT2D eigenvalue weighted by Gasteiger charge is -2.12. The van der Waals surface area contributed by atoms with E-state index in [1.807, 2.05) is 18.0 Å². The van der Waals surface area contributed by atoms with E-state index in [1.165, 1.54) is 12.8 Å². The molecule has 4 heteroatoms. The Balaban J connectivity index is 1.73. The summed E-state index contributed by atoms with van der Waals surface area (Å²) in [6.45, 7) is 1.92. The van der Waals surface area contributed by atoms with Crippen molar-refractivity contribution in [2.75, 3.05) is 12.8 Å². The normalized spacial score (nSPS) is 18.1. The van der Waals surface area contributed by atoms with Crippen molar-refractivity contribution < 1.29 is 0 Å². The number of nitrogens with one attached hydrogen (secondary N) is 1. The summed E-state index contributed by atoms with van der Waals surface area (Å²) < 4.78 is 0.530. The third-order valence-corrected chi connectivity index (χ3v) is 4.03. The molecule has 1 aliphatic rings. The van der Waals surface area contributed by atoms with Gasteiger partial charge in [-0.2, -0.15) is 11.8 Å². The Hall–Kier alpha value is -0.610. The van der Waals surface area contributed by atoms with Crippen molar-refractivity contribution in [3.8, 4) is 0 Å². The molecule has 1 heterocycles. The Bertz CT molecular complexity index is 285. The molecule has 14 heavy (non-hydrogen) atoms. The van der Waals surface area contributed by atoms with E-state index < -0.39 is 0 Å². The summed E-state index contributed by atoms with van der Waals surface area (Å²) in [6.07, 6.45) is 10.1. The van der Waals surface area contributed by atoms with Crippen LogP contribution in [0.1, 0.15) is 18.5 Å². The minimum absolute atomic E-state index is 0.530. The van der Waals surface area contributed by atoms with E-state index in [0.29, 0.717) is 4.75 Å². The maximum atomic E-state index is 4.21. The first kappa shape index (κ1) is 9.93. The van der Waals surface area contributed by atoms with Gasteiger partial charge in [-0.25, -0.2) is 0 Å². The van der Waals surface area contributed by atoms with Crippen LogP contribution in [0.2, 0.25) is 0 Å². The third kappa shape index (κ3) is 2.45. The number of rotatable bonds is 5. The molecule has 0 bridgehead atoms. The lowest BCUT2D eigenvalue weighted by atomic mass is 10.4. The zero-order valence-electron chi connectivity index (χ0n) is 8.36. The van der Waals surface area contributed by atoms with Gasteiger partial charge >= 0.3 is 0 Å². The summed E-state index contributed by atoms with van der Waals surface area (Å²) in [5.74, 6) is 0. The number of aromatic nitrogens is 2. The number of hydrogen-bond donors (Lipinski definition) is 1. The summed E-state index contributed by atoms with van der Waals surface area (Å²) in [5.41, 5.74) is 1.02. The van der Waals surface area contributed by atoms with Crippen LogP contribution in [0.15, 0.2) is 18.6 Å². The minimum Gasteiger partial charge on any atom is -0.310 e. The highest BCUT2D eigenvalue weighted by Crippen LogP contribution is 2.46. The summed E-state index contributed by atoms with van der Waals surface area (Å²) in [6, 6.07) is 0. The number of thioether (sulfide) groups is 1. The first-order valence-corrected chi connectivity index (χ1v) is 6.08. The predicted octanol–water partition coefficient (Wildman–Crippen LogP) is 1.46. The van der Waals surface area contributed by atoms with Gasteiger partial charge in [-0.1, -0.05) is 0 Å². The SMILES string of the molecule is CSC1(CNCc2cnccn2)CC1. The van der Waals surface area contributed by atoms with Crippen molar-refractivity contribution in [1.29, 1.82) is 0 Å². The van der Waals surface area contributed by atoms with Crippen LogP contribution in [-0.2, 0) is 6.54 Å². The van der Waals surface area contributed by atoms with Crippen LogP contribution in [0.4, 0.5) is 0 Å². The zero-order chi connectivity index (χ0) is 9.86. The molecule has 0 aliphatic heterocycles. The second-order valence-corrected chi connectivity index (χ2v) is 4.96. The van der Waals surface area contributed by atoms with Gasteiger partial charge in [0, 0.05) is 36.4 Å². The van der Waals surface area contributed by atoms with E-state index in [2.05, 4.69) is 21.5 Å². The van der Waals surface area contributed by atoms with Crippen molar-refractivity contribution in [3.05, 3.63) is 24.3 Å². The fourth-order valence-corrected chi connectivity index (χ4v) is 2.19. The van der Waals surface area contributed by atoms with Crippen LogP contribution in [0.3, 0.4) is 0 Å². The first-order valence-electron chi connectivity index (χ1n) is 4.85. The largest absolute Gasteiger partial charge is 0.310 e. The van der Waals surface area contributed by atoms with E-state index in [0.717, 1.165) is 18.8 Å². The fraction of sp³-hybridized carbons (Fsp3) is 0.600. The van der Waals surface area contributed by atoms with Gasteiger partial charge in [-0.15, -0.1) is 0 Å². The fourth-order valence-electron chi connectivity index (χ4n) is 1.43. The molecular formula is C10H15N3S. The smallest absolute Gasteiger partial charge is 0.0724 e.